The Labute approximate surface area is 147 Å². The molecule has 6 nitrogen and oxygen atoms in total. The zero-order valence-corrected chi connectivity index (χ0v) is 14.2. The van der Waals surface area contributed by atoms with Gasteiger partial charge < -0.3 is 0 Å². The monoisotopic (exact) mass is 370 g/mol. The summed E-state index contributed by atoms with van der Waals surface area (Å²) >= 11 is 1.91. The van der Waals surface area contributed by atoms with Crippen molar-refractivity contribution in [2.75, 3.05) is 25.4 Å². The lowest BCUT2D eigenvalue weighted by Gasteiger charge is -2.36. The van der Waals surface area contributed by atoms with E-state index in [4.69, 9.17) is 0 Å². The second kappa shape index (κ2) is 6.58. The highest BCUT2D eigenvalue weighted by Gasteiger charge is 2.32. The molecule has 10 heteroatoms. The van der Waals surface area contributed by atoms with E-state index in [1.54, 1.807) is 0 Å². The molecule has 1 aromatic heterocycles. The normalized spacial score (nSPS) is 22.3. The molecule has 1 atom stereocenters. The molecule has 1 aromatic carbocycles. The quantitative estimate of drug-likeness (QED) is 0.773. The number of alkyl halides is 3. The predicted molar refractivity (Wildman–Crippen MR) is 87.0 cm³/mol. The number of nitrogens with zero attached hydrogens (tertiary/aromatic N) is 6. The topological polar surface area (TPSA) is 50.1 Å². The van der Waals surface area contributed by atoms with Gasteiger partial charge in [0, 0.05) is 31.4 Å². The standard InChI is InChI=1S/C15H17F3N6S/c16-15(17,18)11-1-3-12(4-2-11)24-14(19-20-21-24)10-22-6-7-23-13(9-22)5-8-25-23/h1-4,13H,5-10H2. The van der Waals surface area contributed by atoms with Crippen LogP contribution in [-0.2, 0) is 12.7 Å². The lowest BCUT2D eigenvalue weighted by atomic mass is 10.1. The Bertz CT molecular complexity index is 732. The molecule has 0 radical (unpaired) electrons. The molecule has 0 aliphatic carbocycles. The SMILES string of the molecule is FC(F)(F)c1ccc(-n2nnnc2CN2CCN3SCCC3C2)cc1. The predicted octanol–water partition coefficient (Wildman–Crippen LogP) is 2.22. The Morgan fingerprint density at radius 1 is 1.16 bits per heavy atom. The molecule has 2 aromatic rings. The maximum Gasteiger partial charge on any atom is 0.416 e. The molecule has 1 unspecified atom stereocenters. The van der Waals surface area contributed by atoms with Crippen molar-refractivity contribution >= 4 is 11.9 Å². The number of piperazine rings is 1. The molecule has 2 fully saturated rings. The van der Waals surface area contributed by atoms with Gasteiger partial charge in [-0.15, -0.1) is 5.10 Å². The van der Waals surface area contributed by atoms with E-state index < -0.39 is 11.7 Å². The largest absolute Gasteiger partial charge is 0.416 e. The summed E-state index contributed by atoms with van der Waals surface area (Å²) in [5.74, 6) is 1.81. The van der Waals surface area contributed by atoms with E-state index in [1.165, 1.54) is 29.0 Å². The Hall–Kier alpha value is -1.65. The van der Waals surface area contributed by atoms with E-state index in [1.807, 2.05) is 11.9 Å². The number of rotatable bonds is 3. The highest BCUT2D eigenvalue weighted by molar-refractivity contribution is 7.97. The third-order valence-corrected chi connectivity index (χ3v) is 5.79. The van der Waals surface area contributed by atoms with Crippen molar-refractivity contribution in [1.82, 2.24) is 29.4 Å². The average Bonchev–Trinajstić information content (AvgIpc) is 3.23. The van der Waals surface area contributed by atoms with Crippen molar-refractivity contribution in [2.45, 2.75) is 25.2 Å². The summed E-state index contributed by atoms with van der Waals surface area (Å²) < 4.78 is 42.0. The van der Waals surface area contributed by atoms with Crippen LogP contribution < -0.4 is 0 Å². The van der Waals surface area contributed by atoms with Gasteiger partial charge in [-0.25, -0.2) is 4.31 Å². The number of fused-ring (bicyclic) bond motifs is 1. The number of tetrazole rings is 1. The number of aromatic nitrogens is 4. The van der Waals surface area contributed by atoms with Crippen LogP contribution in [0.5, 0.6) is 0 Å². The number of benzene rings is 1. The molecule has 0 spiro atoms. The van der Waals surface area contributed by atoms with Gasteiger partial charge in [0.1, 0.15) is 0 Å². The summed E-state index contributed by atoms with van der Waals surface area (Å²) in [5.41, 5.74) is -0.149. The number of hydrogen-bond acceptors (Lipinski definition) is 6. The van der Waals surface area contributed by atoms with Crippen LogP contribution in [-0.4, -0.2) is 60.8 Å². The van der Waals surface area contributed by atoms with E-state index in [-0.39, 0.29) is 0 Å². The van der Waals surface area contributed by atoms with E-state index in [9.17, 15) is 13.2 Å². The Morgan fingerprint density at radius 2 is 1.96 bits per heavy atom. The van der Waals surface area contributed by atoms with E-state index in [0.717, 1.165) is 31.8 Å². The first kappa shape index (κ1) is 16.8. The Kier molecular flexibility index (Phi) is 4.42. The first-order valence-corrected chi connectivity index (χ1v) is 9.02. The van der Waals surface area contributed by atoms with Crippen molar-refractivity contribution in [3.63, 3.8) is 0 Å². The fourth-order valence-electron chi connectivity index (χ4n) is 3.25. The molecule has 0 saturated carbocycles. The summed E-state index contributed by atoms with van der Waals surface area (Å²) in [5, 5.41) is 11.7. The van der Waals surface area contributed by atoms with Crippen LogP contribution in [0, 0.1) is 0 Å². The third-order valence-electron chi connectivity index (χ3n) is 4.56. The smallest absolute Gasteiger partial charge is 0.293 e. The fourth-order valence-corrected chi connectivity index (χ4v) is 4.46. The summed E-state index contributed by atoms with van der Waals surface area (Å²) in [6.45, 7) is 3.50. The third kappa shape index (κ3) is 3.51. The van der Waals surface area contributed by atoms with Crippen LogP contribution in [0.2, 0.25) is 0 Å². The zero-order valence-electron chi connectivity index (χ0n) is 13.4. The van der Waals surface area contributed by atoms with Crippen LogP contribution in [0.3, 0.4) is 0 Å². The highest BCUT2D eigenvalue weighted by Crippen LogP contribution is 2.31. The first-order chi connectivity index (χ1) is 12.0. The van der Waals surface area contributed by atoms with Gasteiger partial charge in [-0.1, -0.05) is 11.9 Å². The van der Waals surface area contributed by atoms with Gasteiger partial charge in [0.25, 0.3) is 0 Å². The lowest BCUT2D eigenvalue weighted by Crippen LogP contribution is -2.47. The van der Waals surface area contributed by atoms with Crippen molar-refractivity contribution in [1.29, 1.82) is 0 Å². The Morgan fingerprint density at radius 3 is 2.72 bits per heavy atom. The molecule has 2 aliphatic heterocycles. The second-order valence-corrected chi connectivity index (χ2v) is 7.34. The van der Waals surface area contributed by atoms with Gasteiger partial charge in [-0.3, -0.25) is 4.90 Å². The van der Waals surface area contributed by atoms with Gasteiger partial charge >= 0.3 is 6.18 Å². The van der Waals surface area contributed by atoms with E-state index >= 15 is 0 Å². The van der Waals surface area contributed by atoms with Crippen molar-refractivity contribution in [3.8, 4) is 5.69 Å². The highest BCUT2D eigenvalue weighted by atomic mass is 32.2. The zero-order chi connectivity index (χ0) is 17.4. The summed E-state index contributed by atoms with van der Waals surface area (Å²) in [6.07, 6.45) is -3.16. The van der Waals surface area contributed by atoms with E-state index in [0.29, 0.717) is 24.1 Å². The van der Waals surface area contributed by atoms with Crippen molar-refractivity contribution in [3.05, 3.63) is 35.7 Å². The molecule has 25 heavy (non-hydrogen) atoms. The molecule has 0 N–H and O–H groups in total. The van der Waals surface area contributed by atoms with Crippen LogP contribution in [0.4, 0.5) is 13.2 Å². The molecule has 4 rings (SSSR count). The summed E-state index contributed by atoms with van der Waals surface area (Å²) in [4.78, 5) is 2.30. The molecule has 3 heterocycles. The van der Waals surface area contributed by atoms with Gasteiger partial charge in [-0.2, -0.15) is 17.9 Å². The fraction of sp³-hybridized carbons (Fsp3) is 0.533. The molecule has 2 saturated heterocycles. The van der Waals surface area contributed by atoms with E-state index in [2.05, 4.69) is 24.7 Å². The molecule has 2 aliphatic rings. The molecule has 134 valence electrons. The van der Waals surface area contributed by atoms with Gasteiger partial charge in [0.2, 0.25) is 0 Å². The minimum absolute atomic E-state index is 0.531. The minimum atomic E-state index is -4.35. The maximum absolute atomic E-state index is 12.7. The second-order valence-electron chi connectivity index (χ2n) is 6.20. The van der Waals surface area contributed by atoms with Crippen LogP contribution in [0.25, 0.3) is 5.69 Å². The van der Waals surface area contributed by atoms with Gasteiger partial charge in [0.15, 0.2) is 5.82 Å². The van der Waals surface area contributed by atoms with Crippen LogP contribution >= 0.6 is 11.9 Å². The maximum atomic E-state index is 12.7. The molecule has 0 amide bonds. The number of hydrogen-bond donors (Lipinski definition) is 0. The molecular weight excluding hydrogens is 353 g/mol. The van der Waals surface area contributed by atoms with Crippen molar-refractivity contribution in [2.24, 2.45) is 0 Å². The van der Waals surface area contributed by atoms with Crippen LogP contribution in [0.1, 0.15) is 17.8 Å². The van der Waals surface area contributed by atoms with Gasteiger partial charge in [-0.05, 0) is 41.1 Å². The Balaban J connectivity index is 1.49. The summed E-state index contributed by atoms with van der Waals surface area (Å²) in [7, 11) is 0. The minimum Gasteiger partial charge on any atom is -0.293 e. The summed E-state index contributed by atoms with van der Waals surface area (Å²) in [6, 6.07) is 5.46. The average molecular weight is 370 g/mol. The lowest BCUT2D eigenvalue weighted by molar-refractivity contribution is -0.137. The molecular formula is C15H17F3N6S. The first-order valence-electron chi connectivity index (χ1n) is 8.07. The molecule has 0 bridgehead atoms. The van der Waals surface area contributed by atoms with Crippen molar-refractivity contribution < 1.29 is 13.2 Å². The van der Waals surface area contributed by atoms with Crippen LogP contribution in [0.15, 0.2) is 24.3 Å². The van der Waals surface area contributed by atoms with Gasteiger partial charge in [0.05, 0.1) is 17.8 Å². The number of halogens is 3.